The fourth-order valence-corrected chi connectivity index (χ4v) is 6.26. The Balaban J connectivity index is 1.78. The van der Waals surface area contributed by atoms with E-state index in [1.54, 1.807) is 7.11 Å². The first-order valence-electron chi connectivity index (χ1n) is 9.58. The van der Waals surface area contributed by atoms with Crippen molar-refractivity contribution in [2.75, 3.05) is 7.11 Å². The van der Waals surface area contributed by atoms with Gasteiger partial charge < -0.3 is 14.9 Å². The van der Waals surface area contributed by atoms with Crippen molar-refractivity contribution in [2.45, 2.75) is 70.3 Å². The molecule has 24 heavy (non-hydrogen) atoms. The standard InChI is InChI=1S/C21H30O3/c1-4-12-9-16-13(7-8-21(2)17(16)5-6-20(21)23)15-11-19(24-3)18(22)10-14(12)15/h10-13,16-17,20,22-23H,4-9H2,1-3H3/t12?,13-,16-,17+,20?,21+/m1/s1. The number of fused-ring (bicyclic) bond motifs is 5. The topological polar surface area (TPSA) is 49.7 Å². The second-order valence-corrected chi connectivity index (χ2v) is 8.51. The highest BCUT2D eigenvalue weighted by molar-refractivity contribution is 5.50. The summed E-state index contributed by atoms with van der Waals surface area (Å²) in [5, 5.41) is 20.8. The van der Waals surface area contributed by atoms with E-state index in [9.17, 15) is 10.2 Å². The van der Waals surface area contributed by atoms with Crippen molar-refractivity contribution in [1.29, 1.82) is 0 Å². The Morgan fingerprint density at radius 2 is 2.00 bits per heavy atom. The van der Waals surface area contributed by atoms with Crippen LogP contribution in [-0.4, -0.2) is 23.4 Å². The molecule has 2 N–H and O–H groups in total. The highest BCUT2D eigenvalue weighted by Crippen LogP contribution is 2.63. The number of hydrogen-bond acceptors (Lipinski definition) is 3. The minimum Gasteiger partial charge on any atom is -0.504 e. The molecule has 2 saturated carbocycles. The van der Waals surface area contributed by atoms with Gasteiger partial charge in [-0.2, -0.15) is 0 Å². The molecular weight excluding hydrogens is 300 g/mol. The summed E-state index contributed by atoms with van der Waals surface area (Å²) in [5.74, 6) is 3.23. The lowest BCUT2D eigenvalue weighted by molar-refractivity contribution is -0.0251. The Bertz CT molecular complexity index is 640. The Hall–Kier alpha value is -1.22. The first-order chi connectivity index (χ1) is 11.5. The van der Waals surface area contributed by atoms with E-state index in [0.29, 0.717) is 29.4 Å². The molecule has 3 heteroatoms. The zero-order chi connectivity index (χ0) is 17.1. The van der Waals surface area contributed by atoms with Gasteiger partial charge in [0, 0.05) is 0 Å². The number of aliphatic hydroxyl groups is 1. The molecule has 4 rings (SSSR count). The van der Waals surface area contributed by atoms with Gasteiger partial charge in [0.1, 0.15) is 0 Å². The lowest BCUT2D eigenvalue weighted by Crippen LogP contribution is -2.44. The van der Waals surface area contributed by atoms with Crippen molar-refractivity contribution in [3.05, 3.63) is 23.3 Å². The van der Waals surface area contributed by atoms with Crippen molar-refractivity contribution < 1.29 is 14.9 Å². The number of phenols is 1. The first-order valence-corrected chi connectivity index (χ1v) is 9.58. The second-order valence-electron chi connectivity index (χ2n) is 8.51. The summed E-state index contributed by atoms with van der Waals surface area (Å²) < 4.78 is 5.39. The van der Waals surface area contributed by atoms with E-state index in [1.165, 1.54) is 24.0 Å². The van der Waals surface area contributed by atoms with Gasteiger partial charge in [-0.15, -0.1) is 0 Å². The summed E-state index contributed by atoms with van der Waals surface area (Å²) >= 11 is 0. The Morgan fingerprint density at radius 3 is 2.71 bits per heavy atom. The molecule has 2 unspecified atom stereocenters. The van der Waals surface area contributed by atoms with E-state index in [2.05, 4.69) is 19.9 Å². The van der Waals surface area contributed by atoms with Gasteiger partial charge in [-0.3, -0.25) is 0 Å². The van der Waals surface area contributed by atoms with E-state index >= 15 is 0 Å². The maximum Gasteiger partial charge on any atom is 0.160 e. The van der Waals surface area contributed by atoms with Gasteiger partial charge in [-0.05, 0) is 90.9 Å². The van der Waals surface area contributed by atoms with Crippen LogP contribution in [0.25, 0.3) is 0 Å². The quantitative estimate of drug-likeness (QED) is 0.835. The van der Waals surface area contributed by atoms with Crippen LogP contribution in [-0.2, 0) is 0 Å². The molecule has 0 heterocycles. The third-order valence-electron chi connectivity index (χ3n) is 7.66. The maximum atomic E-state index is 10.6. The fourth-order valence-electron chi connectivity index (χ4n) is 6.26. The maximum absolute atomic E-state index is 10.6. The molecule has 3 aliphatic carbocycles. The lowest BCUT2D eigenvalue weighted by Gasteiger charge is -2.51. The summed E-state index contributed by atoms with van der Waals surface area (Å²) in [7, 11) is 1.63. The third kappa shape index (κ3) is 2.13. The van der Waals surface area contributed by atoms with Gasteiger partial charge in [0.25, 0.3) is 0 Å². The summed E-state index contributed by atoms with van der Waals surface area (Å²) in [6.45, 7) is 4.57. The minimum atomic E-state index is -0.126. The van der Waals surface area contributed by atoms with E-state index in [0.717, 1.165) is 25.7 Å². The van der Waals surface area contributed by atoms with Crippen LogP contribution in [0.3, 0.4) is 0 Å². The molecule has 0 saturated heterocycles. The Kier molecular flexibility index (Phi) is 3.83. The average Bonchev–Trinajstić information content (AvgIpc) is 2.89. The minimum absolute atomic E-state index is 0.109. The zero-order valence-corrected chi connectivity index (χ0v) is 15.1. The number of methoxy groups -OCH3 is 1. The Labute approximate surface area is 145 Å². The highest BCUT2D eigenvalue weighted by atomic mass is 16.5. The molecule has 6 atom stereocenters. The first kappa shape index (κ1) is 16.3. The van der Waals surface area contributed by atoms with E-state index in [4.69, 9.17) is 4.74 Å². The number of rotatable bonds is 2. The second kappa shape index (κ2) is 5.66. The monoisotopic (exact) mass is 330 g/mol. The van der Waals surface area contributed by atoms with Crippen LogP contribution < -0.4 is 4.74 Å². The summed E-state index contributed by atoms with van der Waals surface area (Å²) in [6, 6.07) is 4.05. The summed E-state index contributed by atoms with van der Waals surface area (Å²) in [6.07, 6.45) is 6.57. The van der Waals surface area contributed by atoms with Crippen LogP contribution in [0, 0.1) is 17.3 Å². The number of hydrogen-bond donors (Lipinski definition) is 2. The molecule has 0 radical (unpaired) electrons. The molecule has 3 nitrogen and oxygen atoms in total. The smallest absolute Gasteiger partial charge is 0.160 e. The van der Waals surface area contributed by atoms with Crippen molar-refractivity contribution in [3.63, 3.8) is 0 Å². The molecule has 0 spiro atoms. The molecule has 0 aliphatic heterocycles. The molecule has 1 aromatic carbocycles. The van der Waals surface area contributed by atoms with Crippen LogP contribution in [0.1, 0.15) is 75.3 Å². The summed E-state index contributed by atoms with van der Waals surface area (Å²) in [4.78, 5) is 0. The number of aromatic hydroxyl groups is 1. The van der Waals surface area contributed by atoms with Crippen LogP contribution in [0.4, 0.5) is 0 Å². The van der Waals surface area contributed by atoms with Crippen molar-refractivity contribution in [1.82, 2.24) is 0 Å². The third-order valence-corrected chi connectivity index (χ3v) is 7.66. The number of aliphatic hydroxyl groups excluding tert-OH is 1. The molecule has 3 aliphatic rings. The van der Waals surface area contributed by atoms with Crippen LogP contribution >= 0.6 is 0 Å². The van der Waals surface area contributed by atoms with Gasteiger partial charge in [0.15, 0.2) is 11.5 Å². The fraction of sp³-hybridized carbons (Fsp3) is 0.714. The molecule has 1 aromatic rings. The Morgan fingerprint density at radius 1 is 1.21 bits per heavy atom. The van der Waals surface area contributed by atoms with E-state index < -0.39 is 0 Å². The van der Waals surface area contributed by atoms with Gasteiger partial charge in [0.05, 0.1) is 13.2 Å². The van der Waals surface area contributed by atoms with Crippen LogP contribution in [0.5, 0.6) is 11.5 Å². The van der Waals surface area contributed by atoms with Crippen molar-refractivity contribution in [3.8, 4) is 11.5 Å². The SMILES string of the molecule is CCC1C[C@@H]2[C@H](CC[C@]3(C)C(O)CC[C@@H]23)c2cc(OC)c(O)cc21. The van der Waals surface area contributed by atoms with E-state index in [-0.39, 0.29) is 17.3 Å². The van der Waals surface area contributed by atoms with E-state index in [1.807, 2.05) is 6.07 Å². The normalized spacial score (nSPS) is 40.6. The van der Waals surface area contributed by atoms with Gasteiger partial charge >= 0.3 is 0 Å². The molecule has 0 bridgehead atoms. The van der Waals surface area contributed by atoms with Crippen LogP contribution in [0.2, 0.25) is 0 Å². The van der Waals surface area contributed by atoms with Crippen LogP contribution in [0.15, 0.2) is 12.1 Å². The number of phenolic OH excluding ortho intramolecular Hbond substituents is 1. The van der Waals surface area contributed by atoms with Crippen molar-refractivity contribution >= 4 is 0 Å². The molecule has 0 amide bonds. The molecule has 132 valence electrons. The predicted octanol–water partition coefficient (Wildman–Crippen LogP) is 4.57. The number of ether oxygens (including phenoxy) is 1. The lowest BCUT2D eigenvalue weighted by atomic mass is 9.53. The molecule has 0 aromatic heterocycles. The predicted molar refractivity (Wildman–Crippen MR) is 94.6 cm³/mol. The zero-order valence-electron chi connectivity index (χ0n) is 15.1. The average molecular weight is 330 g/mol. The van der Waals surface area contributed by atoms with Gasteiger partial charge in [-0.25, -0.2) is 0 Å². The van der Waals surface area contributed by atoms with Crippen molar-refractivity contribution in [2.24, 2.45) is 17.3 Å². The van der Waals surface area contributed by atoms with Gasteiger partial charge in [-0.1, -0.05) is 13.8 Å². The van der Waals surface area contributed by atoms with Gasteiger partial charge in [0.2, 0.25) is 0 Å². The molecule has 2 fully saturated rings. The largest absolute Gasteiger partial charge is 0.504 e. The highest BCUT2D eigenvalue weighted by Gasteiger charge is 2.55. The number of benzene rings is 1. The summed E-state index contributed by atoms with van der Waals surface area (Å²) in [5.41, 5.74) is 2.84. The molecular formula is C21H30O3.